The van der Waals surface area contributed by atoms with Crippen molar-refractivity contribution in [3.8, 4) is 11.5 Å². The molecule has 0 bridgehead atoms. The Hall–Kier alpha value is -3.13. The molecule has 0 aliphatic carbocycles. The highest BCUT2D eigenvalue weighted by Gasteiger charge is 2.16. The van der Waals surface area contributed by atoms with E-state index in [1.54, 1.807) is 0 Å². The van der Waals surface area contributed by atoms with E-state index in [0.717, 1.165) is 6.07 Å². The highest BCUT2D eigenvalue weighted by atomic mass is 35.5. The van der Waals surface area contributed by atoms with Gasteiger partial charge in [-0.25, -0.2) is 9.59 Å². The quantitative estimate of drug-likeness (QED) is 0.368. The number of ether oxygens (including phenoxy) is 2. The summed E-state index contributed by atoms with van der Waals surface area (Å²) in [7, 11) is 0. The molecule has 9 heteroatoms. The first-order valence-corrected chi connectivity index (χ1v) is 6.85. The SMILES string of the molecule is O=C(COc1ccc([N+](=O)[O-])cc1)Oc1ccc(Cl)cc1C(=O)O. The Balaban J connectivity index is 1.99. The van der Waals surface area contributed by atoms with Crippen molar-refractivity contribution in [1.82, 2.24) is 0 Å². The fourth-order valence-corrected chi connectivity index (χ4v) is 1.89. The first-order chi connectivity index (χ1) is 11.4. The van der Waals surface area contributed by atoms with Gasteiger partial charge in [0.25, 0.3) is 5.69 Å². The maximum atomic E-state index is 11.7. The number of carbonyl (C=O) groups is 2. The average Bonchev–Trinajstić information content (AvgIpc) is 2.54. The molecule has 0 fully saturated rings. The van der Waals surface area contributed by atoms with Gasteiger partial charge in [0.2, 0.25) is 0 Å². The van der Waals surface area contributed by atoms with Crippen LogP contribution >= 0.6 is 11.6 Å². The first-order valence-electron chi connectivity index (χ1n) is 6.47. The summed E-state index contributed by atoms with van der Waals surface area (Å²) in [6.45, 7) is -0.500. The summed E-state index contributed by atoms with van der Waals surface area (Å²) in [5.74, 6) is -2.06. The fraction of sp³-hybridized carbons (Fsp3) is 0.0667. The van der Waals surface area contributed by atoms with Crippen LogP contribution in [0.4, 0.5) is 5.69 Å². The zero-order valence-electron chi connectivity index (χ0n) is 12.0. The van der Waals surface area contributed by atoms with Gasteiger partial charge in [-0.15, -0.1) is 0 Å². The van der Waals surface area contributed by atoms with Gasteiger partial charge < -0.3 is 14.6 Å². The van der Waals surface area contributed by atoms with E-state index in [-0.39, 0.29) is 27.8 Å². The van der Waals surface area contributed by atoms with Gasteiger partial charge in [0.15, 0.2) is 6.61 Å². The summed E-state index contributed by atoms with van der Waals surface area (Å²) in [5.41, 5.74) is -0.372. The fourth-order valence-electron chi connectivity index (χ4n) is 1.72. The average molecular weight is 352 g/mol. The van der Waals surface area contributed by atoms with E-state index >= 15 is 0 Å². The standard InChI is InChI=1S/C15H10ClNO7/c16-9-1-6-13(12(7-9)15(19)20)24-14(18)8-23-11-4-2-10(3-5-11)17(21)22/h1-7H,8H2,(H,19,20). The number of carbonyl (C=O) groups excluding carboxylic acids is 1. The number of nitro benzene ring substituents is 1. The second-order valence-electron chi connectivity index (χ2n) is 4.46. The molecule has 8 nitrogen and oxygen atoms in total. The molecule has 0 aliphatic rings. The van der Waals surface area contributed by atoms with Crippen LogP contribution < -0.4 is 9.47 Å². The second kappa shape index (κ2) is 7.42. The number of non-ortho nitro benzene ring substituents is 1. The van der Waals surface area contributed by atoms with Crippen LogP contribution in [0.2, 0.25) is 5.02 Å². The van der Waals surface area contributed by atoms with Crippen molar-refractivity contribution in [1.29, 1.82) is 0 Å². The maximum absolute atomic E-state index is 11.7. The number of benzene rings is 2. The van der Waals surface area contributed by atoms with Crippen LogP contribution in [0.25, 0.3) is 0 Å². The lowest BCUT2D eigenvalue weighted by Gasteiger charge is -2.09. The number of carboxylic acid groups (broad SMARTS) is 1. The number of halogens is 1. The lowest BCUT2D eigenvalue weighted by atomic mass is 10.2. The van der Waals surface area contributed by atoms with Crippen LogP contribution in [-0.2, 0) is 4.79 Å². The van der Waals surface area contributed by atoms with Crippen molar-refractivity contribution >= 4 is 29.2 Å². The molecule has 24 heavy (non-hydrogen) atoms. The topological polar surface area (TPSA) is 116 Å². The summed E-state index contributed by atoms with van der Waals surface area (Å²) < 4.78 is 10.1. The normalized spacial score (nSPS) is 10.0. The van der Waals surface area contributed by atoms with Crippen molar-refractivity contribution in [2.75, 3.05) is 6.61 Å². The number of esters is 1. The van der Waals surface area contributed by atoms with Gasteiger partial charge in [0.05, 0.1) is 4.92 Å². The highest BCUT2D eigenvalue weighted by molar-refractivity contribution is 6.31. The maximum Gasteiger partial charge on any atom is 0.349 e. The third kappa shape index (κ3) is 4.43. The minimum absolute atomic E-state index is 0.114. The van der Waals surface area contributed by atoms with E-state index in [2.05, 4.69) is 0 Å². The molecule has 0 aliphatic heterocycles. The first kappa shape index (κ1) is 17.2. The van der Waals surface area contributed by atoms with Gasteiger partial charge in [0, 0.05) is 17.2 Å². The van der Waals surface area contributed by atoms with Crippen LogP contribution in [-0.4, -0.2) is 28.6 Å². The van der Waals surface area contributed by atoms with Gasteiger partial charge in [-0.3, -0.25) is 10.1 Å². The lowest BCUT2D eigenvalue weighted by Crippen LogP contribution is -2.19. The Morgan fingerprint density at radius 3 is 2.42 bits per heavy atom. The Labute approximate surface area is 140 Å². The molecule has 0 radical (unpaired) electrons. The number of rotatable bonds is 6. The molecule has 0 amide bonds. The van der Waals surface area contributed by atoms with Crippen molar-refractivity contribution in [3.05, 3.63) is 63.2 Å². The largest absolute Gasteiger partial charge is 0.482 e. The minimum atomic E-state index is -1.29. The molecule has 0 aromatic heterocycles. The van der Waals surface area contributed by atoms with Crippen molar-refractivity contribution in [2.45, 2.75) is 0 Å². The number of carboxylic acids is 1. The van der Waals surface area contributed by atoms with E-state index in [1.807, 2.05) is 0 Å². The molecular formula is C15H10ClNO7. The van der Waals surface area contributed by atoms with Gasteiger partial charge in [-0.1, -0.05) is 11.6 Å². The number of nitro groups is 1. The van der Waals surface area contributed by atoms with Gasteiger partial charge in [-0.2, -0.15) is 0 Å². The van der Waals surface area contributed by atoms with Crippen molar-refractivity contribution in [3.63, 3.8) is 0 Å². The van der Waals surface area contributed by atoms with Gasteiger partial charge in [-0.05, 0) is 30.3 Å². The molecule has 0 unspecified atom stereocenters. The van der Waals surface area contributed by atoms with Crippen LogP contribution in [0.15, 0.2) is 42.5 Å². The zero-order valence-corrected chi connectivity index (χ0v) is 12.7. The van der Waals surface area contributed by atoms with Crippen LogP contribution in [0.3, 0.4) is 0 Å². The number of aromatic carboxylic acids is 1. The monoisotopic (exact) mass is 351 g/mol. The Kier molecular flexibility index (Phi) is 5.33. The molecule has 2 aromatic rings. The van der Waals surface area contributed by atoms with E-state index in [4.69, 9.17) is 26.2 Å². The molecule has 0 atom stereocenters. The molecular weight excluding hydrogens is 342 g/mol. The highest BCUT2D eigenvalue weighted by Crippen LogP contribution is 2.23. The predicted octanol–water partition coefficient (Wildman–Crippen LogP) is 2.93. The van der Waals surface area contributed by atoms with E-state index in [0.29, 0.717) is 0 Å². The summed E-state index contributed by atoms with van der Waals surface area (Å²) in [6, 6.07) is 8.91. The summed E-state index contributed by atoms with van der Waals surface area (Å²) in [5, 5.41) is 19.8. The van der Waals surface area contributed by atoms with Crippen molar-refractivity contribution < 1.29 is 29.1 Å². The number of hydrogen-bond donors (Lipinski definition) is 1. The molecule has 2 rings (SSSR count). The zero-order chi connectivity index (χ0) is 17.7. The molecule has 0 spiro atoms. The molecule has 1 N–H and O–H groups in total. The number of nitrogens with zero attached hydrogens (tertiary/aromatic N) is 1. The lowest BCUT2D eigenvalue weighted by molar-refractivity contribution is -0.384. The minimum Gasteiger partial charge on any atom is -0.482 e. The summed E-state index contributed by atoms with van der Waals surface area (Å²) in [4.78, 5) is 32.8. The van der Waals surface area contributed by atoms with E-state index in [1.165, 1.54) is 36.4 Å². The summed E-state index contributed by atoms with van der Waals surface area (Å²) >= 11 is 5.70. The van der Waals surface area contributed by atoms with Crippen LogP contribution in [0.1, 0.15) is 10.4 Å². The second-order valence-corrected chi connectivity index (χ2v) is 4.90. The van der Waals surface area contributed by atoms with Crippen LogP contribution in [0, 0.1) is 10.1 Å². The Morgan fingerprint density at radius 2 is 1.83 bits per heavy atom. The predicted molar refractivity (Wildman–Crippen MR) is 82.6 cm³/mol. The van der Waals surface area contributed by atoms with Gasteiger partial charge in [0.1, 0.15) is 17.1 Å². The van der Waals surface area contributed by atoms with Crippen molar-refractivity contribution in [2.24, 2.45) is 0 Å². The Morgan fingerprint density at radius 1 is 1.17 bits per heavy atom. The molecule has 2 aromatic carbocycles. The summed E-state index contributed by atoms with van der Waals surface area (Å²) in [6.07, 6.45) is 0. The molecule has 0 heterocycles. The molecule has 0 saturated carbocycles. The van der Waals surface area contributed by atoms with E-state index in [9.17, 15) is 19.7 Å². The Bertz CT molecular complexity index is 789. The third-order valence-corrected chi connectivity index (χ3v) is 3.04. The molecule has 0 saturated heterocycles. The molecule has 124 valence electrons. The smallest absolute Gasteiger partial charge is 0.349 e. The van der Waals surface area contributed by atoms with Crippen LogP contribution in [0.5, 0.6) is 11.5 Å². The van der Waals surface area contributed by atoms with E-state index < -0.39 is 23.5 Å². The number of hydrogen-bond acceptors (Lipinski definition) is 6. The van der Waals surface area contributed by atoms with Gasteiger partial charge >= 0.3 is 11.9 Å². The third-order valence-electron chi connectivity index (χ3n) is 2.80.